The first-order valence-electron chi connectivity index (χ1n) is 13.5. The molecule has 0 spiro atoms. The summed E-state index contributed by atoms with van der Waals surface area (Å²) in [5, 5.41) is 13.2. The number of nitrogens with zero attached hydrogens (tertiary/aromatic N) is 1. The molecule has 5 aromatic rings. The molecule has 0 aliphatic heterocycles. The number of aromatic nitrogens is 1. The van der Waals surface area contributed by atoms with Crippen LogP contribution in [0, 0.1) is 18.4 Å². The Balaban J connectivity index is 0.000000413. The van der Waals surface area contributed by atoms with Crippen LogP contribution in [0.4, 0.5) is 0 Å². The average molecular weight is 711 g/mol. The second kappa shape index (κ2) is 10.6. The Morgan fingerprint density at radius 2 is 1.82 bits per heavy atom. The van der Waals surface area contributed by atoms with E-state index in [1.54, 1.807) is 0 Å². The summed E-state index contributed by atoms with van der Waals surface area (Å²) >= 11 is 0. The van der Waals surface area contributed by atoms with Crippen LogP contribution in [-0.2, 0) is 36.7 Å². The maximum atomic E-state index is 10.0. The second-order valence-electron chi connectivity index (χ2n) is 12.5. The van der Waals surface area contributed by atoms with E-state index in [0.717, 1.165) is 34.2 Å². The SMILES string of the molecule is CC(=O)/C=C(/C)O.Cc1ccc2c3c([c-]cc2c1)-c1nccc2oc4c(CC(C)(C)C)ccc(c4c12)C3(C)C.[Ir]. The Morgan fingerprint density at radius 1 is 1.10 bits per heavy atom. The summed E-state index contributed by atoms with van der Waals surface area (Å²) in [4.78, 5) is 14.9. The molecular weight excluding hydrogens is 675 g/mol. The molecule has 4 nitrogen and oxygen atoms in total. The second-order valence-corrected chi connectivity index (χ2v) is 12.5. The van der Waals surface area contributed by atoms with E-state index in [4.69, 9.17) is 14.5 Å². The van der Waals surface area contributed by atoms with E-state index >= 15 is 0 Å². The van der Waals surface area contributed by atoms with Gasteiger partial charge in [-0.1, -0.05) is 81.3 Å². The molecule has 1 radical (unpaired) electrons. The fourth-order valence-corrected chi connectivity index (χ4v) is 5.94. The van der Waals surface area contributed by atoms with Gasteiger partial charge in [0, 0.05) is 43.2 Å². The molecule has 2 heterocycles. The number of aliphatic hydroxyl groups excluding tert-OH is 1. The van der Waals surface area contributed by atoms with Crippen molar-refractivity contribution in [2.75, 3.05) is 0 Å². The number of rotatable bonds is 2. The number of allylic oxidation sites excluding steroid dienone is 2. The number of aliphatic hydroxyl groups is 1. The fourth-order valence-electron chi connectivity index (χ4n) is 5.94. The predicted octanol–water partition coefficient (Wildman–Crippen LogP) is 9.17. The normalized spacial score (nSPS) is 13.9. The number of hydrogen-bond donors (Lipinski definition) is 1. The summed E-state index contributed by atoms with van der Waals surface area (Å²) in [5.41, 5.74) is 9.09. The Morgan fingerprint density at radius 3 is 2.45 bits per heavy atom. The van der Waals surface area contributed by atoms with Crippen LogP contribution < -0.4 is 0 Å². The first kappa shape index (κ1) is 29.7. The third-order valence-corrected chi connectivity index (χ3v) is 7.38. The standard InChI is InChI=1S/C30H28NO.C5H8O2.Ir/c1-17-7-10-20-18(15-17)8-11-21-26(20)30(5,6)22-12-9-19(16-29(2,3)4)28-24(22)25-23(32-28)13-14-31-27(21)25;1-4(6)3-5(2)7;/h7-10,12-15H,16H2,1-6H3;3,6H,1-2H3;/q-1;;/b;4-3-;. The van der Waals surface area contributed by atoms with Crippen molar-refractivity contribution in [1.82, 2.24) is 4.98 Å². The molecule has 0 saturated heterocycles. The molecule has 0 amide bonds. The van der Waals surface area contributed by atoms with Crippen LogP contribution in [0.25, 0.3) is 44.0 Å². The van der Waals surface area contributed by atoms with Crippen molar-refractivity contribution in [3.63, 3.8) is 0 Å². The number of pyridine rings is 1. The number of ketones is 1. The van der Waals surface area contributed by atoms with Gasteiger partial charge in [-0.3, -0.25) is 4.79 Å². The quantitative estimate of drug-likeness (QED) is 0.113. The molecule has 0 bridgehead atoms. The first-order valence-corrected chi connectivity index (χ1v) is 13.5. The van der Waals surface area contributed by atoms with Gasteiger partial charge in [-0.15, -0.1) is 23.3 Å². The van der Waals surface area contributed by atoms with Crippen molar-refractivity contribution in [3.8, 4) is 11.3 Å². The Bertz CT molecular complexity index is 1800. The molecule has 0 fully saturated rings. The number of carbonyl (C=O) groups excluding carboxylic acids is 1. The van der Waals surface area contributed by atoms with Gasteiger partial charge in [0.15, 0.2) is 5.78 Å². The van der Waals surface area contributed by atoms with Crippen LogP contribution in [-0.4, -0.2) is 15.9 Å². The number of hydrogen-bond acceptors (Lipinski definition) is 4. The molecular formula is C35H36IrNO3-. The van der Waals surface area contributed by atoms with Gasteiger partial charge in [0.1, 0.15) is 11.2 Å². The number of fused-ring (bicyclic) bond motifs is 4. The summed E-state index contributed by atoms with van der Waals surface area (Å²) in [6, 6.07) is 19.1. The predicted molar refractivity (Wildman–Crippen MR) is 160 cm³/mol. The molecule has 209 valence electrons. The molecule has 1 aliphatic rings. The monoisotopic (exact) mass is 711 g/mol. The minimum Gasteiger partial charge on any atom is -0.512 e. The zero-order chi connectivity index (χ0) is 28.3. The average Bonchev–Trinajstić information content (AvgIpc) is 3.18. The summed E-state index contributed by atoms with van der Waals surface area (Å²) in [5.74, 6) is -0.0625. The minimum atomic E-state index is -0.226. The van der Waals surface area contributed by atoms with Crippen molar-refractivity contribution in [2.45, 2.75) is 67.2 Å². The van der Waals surface area contributed by atoms with Crippen molar-refractivity contribution < 1.29 is 34.4 Å². The Kier molecular flexibility index (Phi) is 7.88. The Hall–Kier alpha value is -3.27. The van der Waals surface area contributed by atoms with Crippen LogP contribution in [0.2, 0.25) is 0 Å². The molecule has 1 aliphatic carbocycles. The zero-order valence-corrected chi connectivity index (χ0v) is 26.8. The van der Waals surface area contributed by atoms with E-state index < -0.39 is 0 Å². The van der Waals surface area contributed by atoms with Crippen LogP contribution >= 0.6 is 0 Å². The van der Waals surface area contributed by atoms with E-state index in [-0.39, 0.29) is 42.5 Å². The molecule has 5 heteroatoms. The van der Waals surface area contributed by atoms with E-state index in [9.17, 15) is 4.79 Å². The van der Waals surface area contributed by atoms with Gasteiger partial charge in [0.05, 0.1) is 5.76 Å². The van der Waals surface area contributed by atoms with Gasteiger partial charge in [-0.05, 0) is 60.9 Å². The topological polar surface area (TPSA) is 63.3 Å². The third-order valence-electron chi connectivity index (χ3n) is 7.38. The molecule has 0 saturated carbocycles. The molecule has 1 N–H and O–H groups in total. The van der Waals surface area contributed by atoms with E-state index in [1.807, 2.05) is 12.3 Å². The van der Waals surface area contributed by atoms with Crippen molar-refractivity contribution in [2.24, 2.45) is 5.41 Å². The molecule has 3 aromatic carbocycles. The third kappa shape index (κ3) is 5.25. The molecule has 40 heavy (non-hydrogen) atoms. The summed E-state index contributed by atoms with van der Waals surface area (Å²) < 4.78 is 6.54. The van der Waals surface area contributed by atoms with E-state index in [2.05, 4.69) is 84.0 Å². The number of furan rings is 1. The number of carbonyl (C=O) groups is 1. The maximum absolute atomic E-state index is 10.0. The molecule has 6 rings (SSSR count). The smallest absolute Gasteiger partial charge is 0.155 e. The summed E-state index contributed by atoms with van der Waals surface area (Å²) in [6.45, 7) is 16.5. The van der Waals surface area contributed by atoms with Crippen molar-refractivity contribution in [3.05, 3.63) is 88.8 Å². The van der Waals surface area contributed by atoms with E-state index in [0.29, 0.717) is 0 Å². The summed E-state index contributed by atoms with van der Waals surface area (Å²) in [7, 11) is 0. The molecule has 0 unspecified atom stereocenters. The number of benzene rings is 3. The fraction of sp³-hybridized carbons (Fsp3) is 0.314. The zero-order valence-electron chi connectivity index (χ0n) is 24.4. The van der Waals surface area contributed by atoms with E-state index in [1.165, 1.54) is 58.3 Å². The maximum Gasteiger partial charge on any atom is 0.155 e. The van der Waals surface area contributed by atoms with Crippen LogP contribution in [0.5, 0.6) is 0 Å². The van der Waals surface area contributed by atoms with Crippen LogP contribution in [0.15, 0.2) is 64.9 Å². The van der Waals surface area contributed by atoms with Gasteiger partial charge >= 0.3 is 0 Å². The van der Waals surface area contributed by atoms with Gasteiger partial charge < -0.3 is 14.5 Å². The van der Waals surface area contributed by atoms with Crippen molar-refractivity contribution in [1.29, 1.82) is 0 Å². The first-order chi connectivity index (χ1) is 18.3. The summed E-state index contributed by atoms with van der Waals surface area (Å²) in [6.07, 6.45) is 4.01. The number of aryl methyl sites for hydroxylation is 1. The minimum absolute atomic E-state index is 0. The largest absolute Gasteiger partial charge is 0.512 e. The van der Waals surface area contributed by atoms with Gasteiger partial charge in [-0.25, -0.2) is 0 Å². The van der Waals surface area contributed by atoms with Crippen LogP contribution in [0.1, 0.15) is 70.7 Å². The van der Waals surface area contributed by atoms with Gasteiger partial charge in [0.25, 0.3) is 0 Å². The molecule has 0 atom stereocenters. The Labute approximate surface area is 249 Å². The van der Waals surface area contributed by atoms with Crippen molar-refractivity contribution >= 4 is 38.5 Å². The molecule has 2 aromatic heterocycles. The van der Waals surface area contributed by atoms with Gasteiger partial charge in [-0.2, -0.15) is 0 Å². The van der Waals surface area contributed by atoms with Gasteiger partial charge in [0.2, 0.25) is 0 Å². The van der Waals surface area contributed by atoms with Crippen LogP contribution in [0.3, 0.4) is 0 Å².